The number of benzene rings is 2. The first-order chi connectivity index (χ1) is 13.6. The zero-order valence-electron chi connectivity index (χ0n) is 15.8. The molecule has 2 aromatic carbocycles. The van der Waals surface area contributed by atoms with E-state index in [-0.39, 0.29) is 6.04 Å². The molecule has 0 unspecified atom stereocenters. The molecule has 0 N–H and O–H groups in total. The average Bonchev–Trinajstić information content (AvgIpc) is 2.90. The Bertz CT molecular complexity index is 870. The number of carbonyl (C=O) groups excluding carboxylic acids is 1. The Morgan fingerprint density at radius 1 is 0.821 bits per heavy atom. The third-order valence-corrected chi connectivity index (χ3v) is 6.73. The van der Waals surface area contributed by atoms with Crippen LogP contribution in [0.15, 0.2) is 42.5 Å². The highest BCUT2D eigenvalue weighted by Gasteiger charge is 2.41. The van der Waals surface area contributed by atoms with Crippen LogP contribution in [0.3, 0.4) is 0 Å². The monoisotopic (exact) mass is 382 g/mol. The quantitative estimate of drug-likeness (QED) is 0.791. The Kier molecular flexibility index (Phi) is 4.43. The first-order valence-electron chi connectivity index (χ1n) is 10.2. The maximum Gasteiger partial charge on any atom is 0.260 e. The van der Waals surface area contributed by atoms with Gasteiger partial charge in [-0.2, -0.15) is 0 Å². The third kappa shape index (κ3) is 3.02. The minimum atomic E-state index is -0.770. The number of hydrogen-bond acceptors (Lipinski definition) is 2. The molecule has 0 radical (unpaired) electrons. The molecule has 28 heavy (non-hydrogen) atoms. The number of carbonyl (C=O) groups is 1. The highest BCUT2D eigenvalue weighted by Crippen LogP contribution is 2.34. The van der Waals surface area contributed by atoms with Gasteiger partial charge in [0.15, 0.2) is 0 Å². The fraction of sp³-hybridized carbons (Fsp3) is 0.435. The van der Waals surface area contributed by atoms with Crippen LogP contribution in [-0.4, -0.2) is 47.4 Å². The van der Waals surface area contributed by atoms with Crippen molar-refractivity contribution in [1.29, 1.82) is 0 Å². The molecule has 2 atom stereocenters. The lowest BCUT2D eigenvalue weighted by Crippen LogP contribution is -2.48. The minimum Gasteiger partial charge on any atom is -0.334 e. The minimum absolute atomic E-state index is 0.0222. The van der Waals surface area contributed by atoms with Crippen molar-refractivity contribution in [2.45, 2.75) is 37.8 Å². The molecule has 146 valence electrons. The Balaban J connectivity index is 1.37. The van der Waals surface area contributed by atoms with Gasteiger partial charge in [0.05, 0.1) is 0 Å². The molecule has 0 aromatic heterocycles. The summed E-state index contributed by atoms with van der Waals surface area (Å²) >= 11 is 0. The summed E-state index contributed by atoms with van der Waals surface area (Å²) in [6.45, 7) is 2.34. The summed E-state index contributed by atoms with van der Waals surface area (Å²) in [6, 6.07) is 12.7. The van der Waals surface area contributed by atoms with Crippen molar-refractivity contribution < 1.29 is 13.6 Å². The number of hydrogen-bond donors (Lipinski definition) is 0. The van der Waals surface area contributed by atoms with E-state index < -0.39 is 23.1 Å². The second kappa shape index (κ2) is 6.96. The number of fused-ring (bicyclic) bond motifs is 5. The van der Waals surface area contributed by atoms with Crippen molar-refractivity contribution in [1.82, 2.24) is 9.80 Å². The van der Waals surface area contributed by atoms with E-state index in [2.05, 4.69) is 29.2 Å². The molecule has 2 aromatic rings. The molecule has 6 rings (SSSR count). The molecular formula is C23H24F2N2O. The first-order valence-corrected chi connectivity index (χ1v) is 10.2. The number of rotatable bonds is 2. The van der Waals surface area contributed by atoms with E-state index in [4.69, 9.17) is 0 Å². The van der Waals surface area contributed by atoms with Gasteiger partial charge in [-0.05, 0) is 54.9 Å². The molecule has 3 aliphatic heterocycles. The highest BCUT2D eigenvalue weighted by molar-refractivity contribution is 5.95. The number of halogens is 2. The maximum atomic E-state index is 14.2. The largest absolute Gasteiger partial charge is 0.334 e. The van der Waals surface area contributed by atoms with Gasteiger partial charge in [-0.3, -0.25) is 9.69 Å². The van der Waals surface area contributed by atoms with Crippen molar-refractivity contribution in [3.63, 3.8) is 0 Å². The molecule has 1 amide bonds. The van der Waals surface area contributed by atoms with Crippen LogP contribution in [0.5, 0.6) is 0 Å². The Labute approximate surface area is 163 Å². The van der Waals surface area contributed by atoms with Gasteiger partial charge in [0.25, 0.3) is 5.91 Å². The summed E-state index contributed by atoms with van der Waals surface area (Å²) in [5.74, 6) is -1.68. The molecule has 3 fully saturated rings. The van der Waals surface area contributed by atoms with Crippen LogP contribution < -0.4 is 0 Å². The zero-order chi connectivity index (χ0) is 19.3. The van der Waals surface area contributed by atoms with Gasteiger partial charge < -0.3 is 4.90 Å². The first kappa shape index (κ1) is 17.8. The van der Waals surface area contributed by atoms with E-state index in [1.54, 1.807) is 4.90 Å². The number of nitrogens with zero attached hydrogens (tertiary/aromatic N) is 2. The van der Waals surface area contributed by atoms with Gasteiger partial charge in [0.1, 0.15) is 17.2 Å². The highest BCUT2D eigenvalue weighted by atomic mass is 19.1. The molecular weight excluding hydrogens is 358 g/mol. The van der Waals surface area contributed by atoms with E-state index in [1.165, 1.54) is 17.2 Å². The van der Waals surface area contributed by atoms with Gasteiger partial charge in [0, 0.05) is 31.7 Å². The molecule has 2 bridgehead atoms. The lowest BCUT2D eigenvalue weighted by atomic mass is 9.94. The topological polar surface area (TPSA) is 23.6 Å². The van der Waals surface area contributed by atoms with Crippen LogP contribution in [-0.2, 0) is 12.8 Å². The molecule has 1 aliphatic carbocycles. The summed E-state index contributed by atoms with van der Waals surface area (Å²) in [6.07, 6.45) is 4.07. The second-order valence-electron chi connectivity index (χ2n) is 8.44. The van der Waals surface area contributed by atoms with E-state index in [0.717, 1.165) is 50.9 Å². The van der Waals surface area contributed by atoms with Gasteiger partial charge in [-0.15, -0.1) is 0 Å². The average molecular weight is 382 g/mol. The molecule has 3 nitrogen and oxygen atoms in total. The Morgan fingerprint density at radius 2 is 1.50 bits per heavy atom. The predicted octanol–water partition coefficient (Wildman–Crippen LogP) is 3.67. The van der Waals surface area contributed by atoms with Gasteiger partial charge in [-0.1, -0.05) is 30.3 Å². The summed E-state index contributed by atoms with van der Waals surface area (Å²) in [4.78, 5) is 17.3. The van der Waals surface area contributed by atoms with E-state index >= 15 is 0 Å². The SMILES string of the molecule is O=C(c1c(F)cccc1F)N1C[C@H]2CC[C@@H]1CN(C1Cc3ccccc3C1)C2. The van der Waals surface area contributed by atoms with E-state index in [0.29, 0.717) is 18.5 Å². The fourth-order valence-electron chi connectivity index (χ4n) is 5.30. The smallest absolute Gasteiger partial charge is 0.260 e. The van der Waals surface area contributed by atoms with E-state index in [1.807, 2.05) is 0 Å². The van der Waals surface area contributed by atoms with Gasteiger partial charge in [0.2, 0.25) is 0 Å². The summed E-state index contributed by atoms with van der Waals surface area (Å²) in [7, 11) is 0. The summed E-state index contributed by atoms with van der Waals surface area (Å²) in [5, 5.41) is 0. The molecule has 0 spiro atoms. The normalized spacial score (nSPS) is 25.0. The van der Waals surface area contributed by atoms with Gasteiger partial charge >= 0.3 is 0 Å². The molecule has 4 aliphatic rings. The lowest BCUT2D eigenvalue weighted by Gasteiger charge is -2.36. The fourth-order valence-corrected chi connectivity index (χ4v) is 5.30. The van der Waals surface area contributed by atoms with Crippen molar-refractivity contribution in [2.24, 2.45) is 5.92 Å². The van der Waals surface area contributed by atoms with Crippen molar-refractivity contribution in [3.8, 4) is 0 Å². The lowest BCUT2D eigenvalue weighted by molar-refractivity contribution is 0.0571. The number of amides is 1. The molecule has 3 heterocycles. The standard InChI is InChI=1S/C23H24F2N2O/c24-20-6-3-7-21(25)22(20)23(28)27-13-15-8-9-18(27)14-26(12-15)19-10-16-4-1-2-5-17(16)11-19/h1-7,15,18-19H,8-14H2/t15-,18+/m0/s1. The Hall–Kier alpha value is -2.27. The van der Waals surface area contributed by atoms with Crippen LogP contribution >= 0.6 is 0 Å². The van der Waals surface area contributed by atoms with Crippen LogP contribution in [0.25, 0.3) is 0 Å². The van der Waals surface area contributed by atoms with Crippen molar-refractivity contribution in [2.75, 3.05) is 19.6 Å². The molecule has 0 saturated carbocycles. The Morgan fingerprint density at radius 3 is 2.18 bits per heavy atom. The van der Waals surface area contributed by atoms with Crippen LogP contribution in [0.2, 0.25) is 0 Å². The predicted molar refractivity (Wildman–Crippen MR) is 103 cm³/mol. The third-order valence-electron chi connectivity index (χ3n) is 6.73. The molecule has 5 heteroatoms. The second-order valence-corrected chi connectivity index (χ2v) is 8.44. The van der Waals surface area contributed by atoms with Crippen molar-refractivity contribution in [3.05, 3.63) is 70.8 Å². The maximum absolute atomic E-state index is 14.2. The summed E-state index contributed by atoms with van der Waals surface area (Å²) < 4.78 is 28.4. The van der Waals surface area contributed by atoms with Gasteiger partial charge in [-0.25, -0.2) is 8.78 Å². The van der Waals surface area contributed by atoms with Crippen LogP contribution in [0, 0.1) is 17.6 Å². The molecule has 3 saturated heterocycles. The summed E-state index contributed by atoms with van der Waals surface area (Å²) in [5.41, 5.74) is 2.44. The van der Waals surface area contributed by atoms with Crippen molar-refractivity contribution >= 4 is 5.91 Å². The van der Waals surface area contributed by atoms with Crippen LogP contribution in [0.4, 0.5) is 8.78 Å². The van der Waals surface area contributed by atoms with Crippen LogP contribution in [0.1, 0.15) is 34.3 Å². The zero-order valence-corrected chi connectivity index (χ0v) is 15.8. The number of piperidine rings is 1. The van der Waals surface area contributed by atoms with E-state index in [9.17, 15) is 13.6 Å².